The maximum atomic E-state index is 11.5. The summed E-state index contributed by atoms with van der Waals surface area (Å²) < 4.78 is 25.4. The Balaban J connectivity index is 0.00000576. The minimum absolute atomic E-state index is 0. The maximum Gasteiger partial charge on any atom is 0.229 e. The Hall–Kier alpha value is -1.03. The van der Waals surface area contributed by atoms with Crippen molar-refractivity contribution in [2.24, 2.45) is 4.99 Å². The van der Waals surface area contributed by atoms with Gasteiger partial charge in [0.05, 0.1) is 11.9 Å². The molecular weight excluding hydrogens is 451 g/mol. The Kier molecular flexibility index (Phi) is 11.8. The van der Waals surface area contributed by atoms with Gasteiger partial charge in [-0.1, -0.05) is 44.4 Å². The lowest BCUT2D eigenvalue weighted by atomic mass is 10.1. The van der Waals surface area contributed by atoms with Gasteiger partial charge in [0.1, 0.15) is 0 Å². The summed E-state index contributed by atoms with van der Waals surface area (Å²) in [6, 6.07) is 7.67. The largest absolute Gasteiger partial charge is 0.354 e. The molecule has 0 amide bonds. The molecule has 6 nitrogen and oxygen atoms in total. The number of aliphatic imine (C=N–C) groups is 1. The van der Waals surface area contributed by atoms with Crippen molar-refractivity contribution in [3.05, 3.63) is 29.8 Å². The van der Waals surface area contributed by atoms with Gasteiger partial charge < -0.3 is 10.6 Å². The molecule has 0 aliphatic rings. The van der Waals surface area contributed by atoms with Crippen LogP contribution < -0.4 is 15.4 Å². The molecule has 0 aliphatic carbocycles. The summed E-state index contributed by atoms with van der Waals surface area (Å²) in [6.07, 6.45) is 5.89. The number of halogens is 1. The van der Waals surface area contributed by atoms with Crippen molar-refractivity contribution < 1.29 is 8.42 Å². The van der Waals surface area contributed by atoms with Crippen LogP contribution in [0, 0.1) is 0 Å². The third-order valence-corrected chi connectivity index (χ3v) is 4.20. The Morgan fingerprint density at radius 2 is 1.92 bits per heavy atom. The second kappa shape index (κ2) is 12.3. The first kappa shape index (κ1) is 24.0. The zero-order valence-electron chi connectivity index (χ0n) is 15.5. The van der Waals surface area contributed by atoms with Crippen LogP contribution in [0.1, 0.15) is 45.1 Å². The van der Waals surface area contributed by atoms with Crippen LogP contribution in [0.15, 0.2) is 29.3 Å². The van der Waals surface area contributed by atoms with Crippen molar-refractivity contribution in [2.75, 3.05) is 18.0 Å². The zero-order valence-corrected chi connectivity index (χ0v) is 18.6. The molecule has 1 rings (SSSR count). The van der Waals surface area contributed by atoms with Crippen LogP contribution in [0.5, 0.6) is 0 Å². The van der Waals surface area contributed by atoms with Gasteiger partial charge in [-0.05, 0) is 25.0 Å². The average molecular weight is 482 g/mol. The highest BCUT2D eigenvalue weighted by Gasteiger charge is 2.09. The normalized spacial score (nSPS) is 12.9. The highest BCUT2D eigenvalue weighted by Crippen LogP contribution is 2.15. The van der Waals surface area contributed by atoms with Crippen LogP contribution in [0.2, 0.25) is 0 Å². The number of anilines is 1. The van der Waals surface area contributed by atoms with Crippen LogP contribution >= 0.6 is 24.0 Å². The van der Waals surface area contributed by atoms with Gasteiger partial charge in [0.15, 0.2) is 5.96 Å². The lowest BCUT2D eigenvalue weighted by Gasteiger charge is -2.18. The molecule has 0 radical (unpaired) electrons. The standard InChI is InChI=1S/C17H30N4O2S.HI/c1-5-6-7-10-14(2)20-17(18-3)19-13-15-11-8-9-12-16(15)21-24(4,22)23;/h8-9,11-12,14,21H,5-7,10,13H2,1-4H3,(H2,18,19,20);1H. The van der Waals surface area contributed by atoms with Crippen LogP contribution in [0.3, 0.4) is 0 Å². The summed E-state index contributed by atoms with van der Waals surface area (Å²) in [5, 5.41) is 6.60. The van der Waals surface area contributed by atoms with Crippen LogP contribution in [0.25, 0.3) is 0 Å². The number of guanidine groups is 1. The van der Waals surface area contributed by atoms with Gasteiger partial charge in [-0.25, -0.2) is 8.42 Å². The number of hydrogen-bond acceptors (Lipinski definition) is 3. The van der Waals surface area contributed by atoms with E-state index in [1.165, 1.54) is 19.3 Å². The van der Waals surface area contributed by atoms with Gasteiger partial charge in [0, 0.05) is 19.6 Å². The van der Waals surface area contributed by atoms with E-state index in [-0.39, 0.29) is 24.0 Å². The fourth-order valence-corrected chi connectivity index (χ4v) is 2.95. The van der Waals surface area contributed by atoms with E-state index in [2.05, 4.69) is 34.2 Å². The van der Waals surface area contributed by atoms with E-state index in [0.717, 1.165) is 18.2 Å². The number of benzene rings is 1. The predicted molar refractivity (Wildman–Crippen MR) is 117 cm³/mol. The van der Waals surface area contributed by atoms with Gasteiger partial charge in [0.25, 0.3) is 0 Å². The monoisotopic (exact) mass is 482 g/mol. The lowest BCUT2D eigenvalue weighted by Crippen LogP contribution is -2.41. The third-order valence-electron chi connectivity index (χ3n) is 3.61. The summed E-state index contributed by atoms with van der Waals surface area (Å²) in [5.74, 6) is 0.716. The Morgan fingerprint density at radius 1 is 1.24 bits per heavy atom. The second-order valence-electron chi connectivity index (χ2n) is 6.00. The topological polar surface area (TPSA) is 82.6 Å². The first-order valence-electron chi connectivity index (χ1n) is 8.38. The molecule has 0 aromatic heterocycles. The molecule has 25 heavy (non-hydrogen) atoms. The molecule has 0 saturated carbocycles. The average Bonchev–Trinajstić information content (AvgIpc) is 2.51. The van der Waals surface area contributed by atoms with E-state index in [1.807, 2.05) is 12.1 Å². The molecule has 1 unspecified atom stereocenters. The third kappa shape index (κ3) is 10.5. The first-order valence-corrected chi connectivity index (χ1v) is 10.3. The van der Waals surface area contributed by atoms with Crippen molar-refractivity contribution in [3.8, 4) is 0 Å². The van der Waals surface area contributed by atoms with Crippen molar-refractivity contribution in [1.29, 1.82) is 0 Å². The van der Waals surface area contributed by atoms with Gasteiger partial charge in [-0.3, -0.25) is 9.71 Å². The number of para-hydroxylation sites is 1. The smallest absolute Gasteiger partial charge is 0.229 e. The van der Waals surface area contributed by atoms with E-state index >= 15 is 0 Å². The van der Waals surface area contributed by atoms with Crippen molar-refractivity contribution in [2.45, 2.75) is 52.1 Å². The Bertz CT molecular complexity index is 635. The van der Waals surface area contributed by atoms with E-state index < -0.39 is 10.0 Å². The number of hydrogen-bond donors (Lipinski definition) is 3. The van der Waals surface area contributed by atoms with Gasteiger partial charge in [-0.15, -0.1) is 24.0 Å². The molecule has 8 heteroatoms. The lowest BCUT2D eigenvalue weighted by molar-refractivity contribution is 0.547. The molecule has 1 aromatic carbocycles. The summed E-state index contributed by atoms with van der Waals surface area (Å²) >= 11 is 0. The van der Waals surface area contributed by atoms with E-state index in [1.54, 1.807) is 19.2 Å². The highest BCUT2D eigenvalue weighted by atomic mass is 127. The fourth-order valence-electron chi connectivity index (χ4n) is 2.35. The van der Waals surface area contributed by atoms with Crippen LogP contribution in [-0.4, -0.2) is 33.7 Å². The van der Waals surface area contributed by atoms with Crippen molar-refractivity contribution >= 4 is 45.6 Å². The second-order valence-corrected chi connectivity index (χ2v) is 7.75. The zero-order chi connectivity index (χ0) is 18.0. The van der Waals surface area contributed by atoms with E-state index in [4.69, 9.17) is 0 Å². The van der Waals surface area contributed by atoms with Crippen LogP contribution in [-0.2, 0) is 16.6 Å². The molecule has 0 heterocycles. The maximum absolute atomic E-state index is 11.5. The Morgan fingerprint density at radius 3 is 2.52 bits per heavy atom. The molecule has 0 spiro atoms. The van der Waals surface area contributed by atoms with Gasteiger partial charge in [0.2, 0.25) is 10.0 Å². The molecular formula is C17H31IN4O2S. The minimum atomic E-state index is -3.30. The van der Waals surface area contributed by atoms with Crippen molar-refractivity contribution in [1.82, 2.24) is 10.6 Å². The molecule has 0 saturated heterocycles. The molecule has 144 valence electrons. The highest BCUT2D eigenvalue weighted by molar-refractivity contribution is 14.0. The predicted octanol–water partition coefficient (Wildman–Crippen LogP) is 3.31. The minimum Gasteiger partial charge on any atom is -0.354 e. The SMILES string of the molecule is CCCCCC(C)NC(=NC)NCc1ccccc1NS(C)(=O)=O.I. The molecule has 0 bridgehead atoms. The summed E-state index contributed by atoms with van der Waals surface area (Å²) in [6.45, 7) is 4.82. The molecule has 0 aliphatic heterocycles. The molecule has 1 aromatic rings. The summed E-state index contributed by atoms with van der Waals surface area (Å²) in [4.78, 5) is 4.23. The van der Waals surface area contributed by atoms with E-state index in [9.17, 15) is 8.42 Å². The quantitative estimate of drug-likeness (QED) is 0.218. The molecule has 0 fully saturated rings. The van der Waals surface area contributed by atoms with Crippen molar-refractivity contribution in [3.63, 3.8) is 0 Å². The summed E-state index contributed by atoms with van der Waals surface area (Å²) in [5.41, 5.74) is 1.45. The first-order chi connectivity index (χ1) is 11.4. The fraction of sp³-hybridized carbons (Fsp3) is 0.588. The number of unbranched alkanes of at least 4 members (excludes halogenated alkanes) is 2. The summed E-state index contributed by atoms with van der Waals surface area (Å²) in [7, 11) is -1.57. The number of sulfonamides is 1. The van der Waals surface area contributed by atoms with E-state index in [0.29, 0.717) is 24.2 Å². The number of rotatable bonds is 9. The number of nitrogens with zero attached hydrogens (tertiary/aromatic N) is 1. The molecule has 3 N–H and O–H groups in total. The van der Waals surface area contributed by atoms with Gasteiger partial charge in [-0.2, -0.15) is 0 Å². The molecule has 1 atom stereocenters. The van der Waals surface area contributed by atoms with Gasteiger partial charge >= 0.3 is 0 Å². The van der Waals surface area contributed by atoms with Crippen LogP contribution in [0.4, 0.5) is 5.69 Å². The Labute approximate surface area is 169 Å². The number of nitrogens with one attached hydrogen (secondary N) is 3.